The number of carbonyl (C=O) groups excluding carboxylic acids is 7. The molecule has 1 saturated heterocycles. The molecule has 2 aliphatic rings. The monoisotopic (exact) mass is 1030 g/mol. The Labute approximate surface area is 429 Å². The summed E-state index contributed by atoms with van der Waals surface area (Å²) < 4.78 is 28.2. The number of hydrogen-bond donors (Lipinski definition) is 3. The van der Waals surface area contributed by atoms with Gasteiger partial charge >= 0.3 is 30.1 Å². The maximum Gasteiger partial charge on any atom is 0.408 e. The third-order valence-corrected chi connectivity index (χ3v) is 13.3. The molecule has 0 aliphatic carbocycles. The number of rotatable bonds is 19. The van der Waals surface area contributed by atoms with Crippen molar-refractivity contribution >= 4 is 70.7 Å². The van der Waals surface area contributed by atoms with E-state index in [0.29, 0.717) is 37.6 Å². The predicted molar refractivity (Wildman–Crippen MR) is 270 cm³/mol. The lowest BCUT2D eigenvalue weighted by Crippen LogP contribution is -2.71. The molecule has 20 heteroatoms. The molecular weight excluding hydrogens is 979 g/mol. The fourth-order valence-electron chi connectivity index (χ4n) is 7.59. The van der Waals surface area contributed by atoms with E-state index in [-0.39, 0.29) is 30.3 Å². The quantitative estimate of drug-likeness (QED) is 0.0247. The van der Waals surface area contributed by atoms with Gasteiger partial charge in [-0.15, -0.1) is 23.1 Å². The zero-order valence-electron chi connectivity index (χ0n) is 40.4. The van der Waals surface area contributed by atoms with E-state index in [1.807, 2.05) is 72.8 Å². The molecule has 4 aromatic carbocycles. The number of hydrogen-bond acceptors (Lipinski definition) is 16. The third-order valence-electron chi connectivity index (χ3n) is 10.9. The fourth-order valence-corrected chi connectivity index (χ4v) is 9.84. The molecule has 2 aliphatic heterocycles. The second-order valence-electron chi connectivity index (χ2n) is 17.4. The highest BCUT2D eigenvalue weighted by Crippen LogP contribution is 2.42. The number of esters is 3. The van der Waals surface area contributed by atoms with Gasteiger partial charge in [-0.05, 0) is 55.2 Å². The Morgan fingerprint density at radius 1 is 0.740 bits per heavy atom. The van der Waals surface area contributed by atoms with Gasteiger partial charge in [0.15, 0.2) is 24.0 Å². The van der Waals surface area contributed by atoms with Gasteiger partial charge in [0.25, 0.3) is 11.8 Å². The average molecular weight is 1030 g/mol. The molecule has 0 bridgehead atoms. The van der Waals surface area contributed by atoms with Crippen molar-refractivity contribution in [2.45, 2.75) is 69.5 Å². The first-order valence-electron chi connectivity index (χ1n) is 22.9. The van der Waals surface area contributed by atoms with Gasteiger partial charge in [-0.1, -0.05) is 126 Å². The van der Waals surface area contributed by atoms with Gasteiger partial charge in [0.1, 0.15) is 43.0 Å². The molecule has 3 atom stereocenters. The molecule has 5 aromatic rings. The maximum absolute atomic E-state index is 14.2. The fraction of sp³-hybridized carbons (Fsp3) is 0.283. The van der Waals surface area contributed by atoms with Crippen LogP contribution in [0.5, 0.6) is 0 Å². The first-order valence-corrected chi connectivity index (χ1v) is 24.8. The minimum atomic E-state index is -1.47. The van der Waals surface area contributed by atoms with E-state index in [4.69, 9.17) is 28.5 Å². The number of fused-ring (bicyclic) bond motifs is 1. The summed E-state index contributed by atoms with van der Waals surface area (Å²) in [7, 11) is 1.25. The Balaban J connectivity index is 0.989. The summed E-state index contributed by atoms with van der Waals surface area (Å²) in [5, 5.41) is 11.0. The molecule has 3 heterocycles. The number of carbonyl (C=O) groups is 7. The zero-order valence-corrected chi connectivity index (χ0v) is 42.1. The SMILES string of the molecule is CO/N=C(/C(=O)N[C@@H]1C(=O)N2C(C(=O)OC(c3ccccc3)c3ccccc3)=C(COC(C)=O)CS[C@H]12)c1ccc(CNC(=O)OCC(NC(=O)OC(C)(C)C)C(=O)OC(c2ccccc2)c2ccccc2)s1. The van der Waals surface area contributed by atoms with Gasteiger partial charge < -0.3 is 44.5 Å². The van der Waals surface area contributed by atoms with E-state index < -0.39 is 83.8 Å². The average Bonchev–Trinajstić information content (AvgIpc) is 3.86. The van der Waals surface area contributed by atoms with Gasteiger partial charge in [0.05, 0.1) is 11.4 Å². The molecule has 380 valence electrons. The van der Waals surface area contributed by atoms with Crippen LogP contribution in [0.3, 0.4) is 0 Å². The number of benzene rings is 4. The van der Waals surface area contributed by atoms with Crippen molar-refractivity contribution in [1.29, 1.82) is 0 Å². The molecule has 73 heavy (non-hydrogen) atoms. The minimum absolute atomic E-state index is 0.0772. The molecule has 1 fully saturated rings. The Kier molecular flexibility index (Phi) is 17.7. The number of ether oxygens (including phenoxy) is 5. The van der Waals surface area contributed by atoms with E-state index in [0.717, 1.165) is 11.3 Å². The lowest BCUT2D eigenvalue weighted by molar-refractivity contribution is -0.154. The number of nitrogens with one attached hydrogen (secondary N) is 3. The normalized spacial score (nSPS) is 15.8. The summed E-state index contributed by atoms with van der Waals surface area (Å²) in [6.07, 6.45) is -3.56. The second-order valence-corrected chi connectivity index (χ2v) is 19.7. The number of thioether (sulfide) groups is 1. The highest BCUT2D eigenvalue weighted by molar-refractivity contribution is 8.00. The number of alkyl carbamates (subject to hydrolysis) is 2. The molecule has 0 saturated carbocycles. The van der Waals surface area contributed by atoms with Crippen molar-refractivity contribution in [2.75, 3.05) is 26.1 Å². The molecule has 4 amide bonds. The Hall–Kier alpha value is -7.97. The summed E-state index contributed by atoms with van der Waals surface area (Å²) in [5.74, 6) is -3.47. The van der Waals surface area contributed by atoms with Crippen LogP contribution in [0.25, 0.3) is 0 Å². The van der Waals surface area contributed by atoms with Crippen molar-refractivity contribution in [2.24, 2.45) is 5.16 Å². The number of thiophene rings is 1. The standard InChI is InChI=1S/C53H53N5O13S2/c1-32(59)67-29-37-31-72-48-42(47(61)58(48)43(37)50(63)70-45(35-22-14-8-15-23-35)36-24-16-9-17-25-36)56-46(60)41(57-66-5)40-27-26-38(73-40)28-54-51(64)68-30-39(55-52(65)71-53(2,3)4)49(62)69-44(33-18-10-6-11-19-33)34-20-12-7-13-21-34/h6-27,39,42,44-45,48H,28-31H2,1-5H3,(H,54,64)(H,55,65)(H,56,60)/b57-41+/t39?,42-,48-/m1/s1. The van der Waals surface area contributed by atoms with Gasteiger partial charge in [0, 0.05) is 23.1 Å². The van der Waals surface area contributed by atoms with Crippen molar-refractivity contribution in [3.63, 3.8) is 0 Å². The minimum Gasteiger partial charge on any atom is -0.461 e. The van der Waals surface area contributed by atoms with E-state index in [2.05, 4.69) is 21.1 Å². The van der Waals surface area contributed by atoms with Crippen LogP contribution in [0.4, 0.5) is 9.59 Å². The van der Waals surface area contributed by atoms with E-state index in [9.17, 15) is 33.6 Å². The largest absolute Gasteiger partial charge is 0.461 e. The molecular formula is C53H53N5O13S2. The van der Waals surface area contributed by atoms with Crippen molar-refractivity contribution < 1.29 is 62.1 Å². The van der Waals surface area contributed by atoms with Crippen molar-refractivity contribution in [3.05, 3.63) is 177 Å². The molecule has 18 nitrogen and oxygen atoms in total. The smallest absolute Gasteiger partial charge is 0.408 e. The zero-order chi connectivity index (χ0) is 52.1. The highest BCUT2D eigenvalue weighted by Gasteiger charge is 2.55. The first kappa shape index (κ1) is 52.8. The Morgan fingerprint density at radius 3 is 1.81 bits per heavy atom. The summed E-state index contributed by atoms with van der Waals surface area (Å²) in [4.78, 5) is 101. The summed E-state index contributed by atoms with van der Waals surface area (Å²) in [5.41, 5.74) is 1.93. The van der Waals surface area contributed by atoms with Gasteiger partial charge in [-0.3, -0.25) is 19.3 Å². The predicted octanol–water partition coefficient (Wildman–Crippen LogP) is 7.10. The summed E-state index contributed by atoms with van der Waals surface area (Å²) >= 11 is 2.35. The number of oxime groups is 1. The van der Waals surface area contributed by atoms with Crippen molar-refractivity contribution in [1.82, 2.24) is 20.9 Å². The molecule has 0 radical (unpaired) electrons. The van der Waals surface area contributed by atoms with E-state index in [1.165, 1.54) is 30.7 Å². The number of nitrogens with zero attached hydrogens (tertiary/aromatic N) is 2. The maximum atomic E-state index is 14.2. The number of β-lactam (4-membered cyclic amide) rings is 1. The van der Waals surface area contributed by atoms with Crippen LogP contribution in [0.1, 0.15) is 71.9 Å². The van der Waals surface area contributed by atoms with Crippen LogP contribution in [0, 0.1) is 0 Å². The Bertz CT molecular complexity index is 2760. The Morgan fingerprint density at radius 2 is 1.29 bits per heavy atom. The molecule has 3 N–H and O–H groups in total. The number of amides is 4. The van der Waals surface area contributed by atoms with Crippen LogP contribution in [0.15, 0.2) is 150 Å². The highest BCUT2D eigenvalue weighted by atomic mass is 32.2. The van der Waals surface area contributed by atoms with Gasteiger partial charge in [-0.2, -0.15) is 0 Å². The van der Waals surface area contributed by atoms with Crippen LogP contribution >= 0.6 is 23.1 Å². The third kappa shape index (κ3) is 13.9. The lowest BCUT2D eigenvalue weighted by atomic mass is 10.0. The summed E-state index contributed by atoms with van der Waals surface area (Å²) in [6.45, 7) is 5.24. The van der Waals surface area contributed by atoms with Crippen molar-refractivity contribution in [3.8, 4) is 0 Å². The second kappa shape index (κ2) is 24.4. The van der Waals surface area contributed by atoms with E-state index >= 15 is 0 Å². The molecule has 0 spiro atoms. The summed E-state index contributed by atoms with van der Waals surface area (Å²) in [6, 6.07) is 36.9. The van der Waals surface area contributed by atoms with Crippen LogP contribution in [0.2, 0.25) is 0 Å². The van der Waals surface area contributed by atoms with Gasteiger partial charge in [0.2, 0.25) is 0 Å². The van der Waals surface area contributed by atoms with E-state index in [1.54, 1.807) is 81.4 Å². The van der Waals surface area contributed by atoms with Crippen LogP contribution in [-0.2, 0) is 59.0 Å². The first-order chi connectivity index (χ1) is 35.1. The molecule has 7 rings (SSSR count). The van der Waals surface area contributed by atoms with Crippen LogP contribution < -0.4 is 16.0 Å². The molecule has 1 aromatic heterocycles. The van der Waals surface area contributed by atoms with Crippen LogP contribution in [-0.4, -0.2) is 102 Å². The molecule has 1 unspecified atom stereocenters. The lowest BCUT2D eigenvalue weighted by Gasteiger charge is -2.49. The van der Waals surface area contributed by atoms with Gasteiger partial charge in [-0.25, -0.2) is 19.2 Å². The topological polar surface area (TPSA) is 227 Å².